The lowest BCUT2D eigenvalue weighted by Crippen LogP contribution is -2.17. The molecule has 0 aliphatic carbocycles. The zero-order valence-corrected chi connectivity index (χ0v) is 26.4. The second kappa shape index (κ2) is 13.2. The van der Waals surface area contributed by atoms with Crippen molar-refractivity contribution < 1.29 is 0 Å². The van der Waals surface area contributed by atoms with Gasteiger partial charge in [-0.25, -0.2) is 0 Å². The highest BCUT2D eigenvalue weighted by molar-refractivity contribution is 6.00. The first-order valence-corrected chi connectivity index (χ1v) is 16.1. The van der Waals surface area contributed by atoms with Gasteiger partial charge in [0.1, 0.15) is 0 Å². The number of hydrogen-bond donors (Lipinski definition) is 0. The lowest BCUT2D eigenvalue weighted by Gasteiger charge is -2.34. The van der Waals surface area contributed by atoms with Crippen LogP contribution in [0.2, 0.25) is 0 Å². The van der Waals surface area contributed by atoms with Crippen molar-refractivity contribution in [2.45, 2.75) is 53.4 Å². The Morgan fingerprint density at radius 3 is 0.909 bits per heavy atom. The third kappa shape index (κ3) is 5.98. The number of benzene rings is 6. The predicted octanol–water partition coefficient (Wildman–Crippen LogP) is 12.0. The first-order valence-electron chi connectivity index (χ1n) is 16.1. The quantitative estimate of drug-likeness (QED) is 0.161. The third-order valence-corrected chi connectivity index (χ3v) is 8.63. The van der Waals surface area contributed by atoms with Crippen LogP contribution in [0.1, 0.15) is 49.9 Å². The molecule has 0 N–H and O–H groups in total. The van der Waals surface area contributed by atoms with Gasteiger partial charge in [0.2, 0.25) is 0 Å². The average Bonchev–Trinajstić information content (AvgIpc) is 3.09. The number of hydrogen-bond acceptors (Lipinski definition) is 2. The molecule has 0 aliphatic heterocycles. The summed E-state index contributed by atoms with van der Waals surface area (Å²) in [5.41, 5.74) is 12.3. The Bertz CT molecular complexity index is 1650. The average molecular weight is 575 g/mol. The number of fused-ring (bicyclic) bond motifs is 1. The van der Waals surface area contributed by atoms with Crippen LogP contribution >= 0.6 is 0 Å². The minimum absolute atomic E-state index is 0.987. The largest absolute Gasteiger partial charge is 0.308 e. The summed E-state index contributed by atoms with van der Waals surface area (Å²) in [7, 11) is 0. The maximum Gasteiger partial charge on any atom is 0.0708 e. The summed E-state index contributed by atoms with van der Waals surface area (Å²) >= 11 is 0. The van der Waals surface area contributed by atoms with Gasteiger partial charge in [0, 0.05) is 22.7 Å². The Morgan fingerprint density at radius 1 is 0.341 bits per heavy atom. The molecule has 6 rings (SSSR count). The van der Waals surface area contributed by atoms with Crippen LogP contribution in [-0.2, 0) is 25.7 Å². The topological polar surface area (TPSA) is 6.48 Å². The van der Waals surface area contributed by atoms with E-state index in [2.05, 4.69) is 171 Å². The molecule has 0 aliphatic rings. The fourth-order valence-corrected chi connectivity index (χ4v) is 6.09. The molecule has 0 bridgehead atoms. The van der Waals surface area contributed by atoms with Crippen LogP contribution in [0.25, 0.3) is 10.8 Å². The molecule has 0 atom stereocenters. The van der Waals surface area contributed by atoms with E-state index in [9.17, 15) is 0 Å². The minimum atomic E-state index is 0.987. The molecule has 0 radical (unpaired) electrons. The first-order chi connectivity index (χ1) is 21.6. The van der Waals surface area contributed by atoms with E-state index >= 15 is 0 Å². The van der Waals surface area contributed by atoms with E-state index in [1.807, 2.05) is 0 Å². The Balaban J connectivity index is 1.70. The Morgan fingerprint density at radius 2 is 0.636 bits per heavy atom. The molecule has 2 heteroatoms. The summed E-state index contributed by atoms with van der Waals surface area (Å²) in [6.45, 7) is 8.91. The van der Waals surface area contributed by atoms with Crippen molar-refractivity contribution in [1.82, 2.24) is 0 Å². The Labute approximate surface area is 263 Å². The van der Waals surface area contributed by atoms with Gasteiger partial charge in [0.15, 0.2) is 0 Å². The standard InChI is InChI=1S/C42H42N2/c1-5-31-15-11-21-37(25-31)43(38-22-12-16-32(6-2)26-38)41-29-35-19-9-10-20-36(35)30-42(41)44(39-23-13-17-33(7-3)27-39)40-24-14-18-34(8-4)28-40/h9-30H,5-8H2,1-4H3. The van der Waals surface area contributed by atoms with Crippen molar-refractivity contribution in [3.05, 3.63) is 156 Å². The van der Waals surface area contributed by atoms with E-state index in [1.165, 1.54) is 55.8 Å². The highest BCUT2D eigenvalue weighted by Crippen LogP contribution is 2.47. The number of nitrogens with zero attached hydrogens (tertiary/aromatic N) is 2. The third-order valence-electron chi connectivity index (χ3n) is 8.63. The fourth-order valence-electron chi connectivity index (χ4n) is 6.09. The first kappa shape index (κ1) is 29.3. The van der Waals surface area contributed by atoms with Crippen molar-refractivity contribution >= 4 is 44.9 Å². The van der Waals surface area contributed by atoms with Crippen molar-refractivity contribution in [1.29, 1.82) is 0 Å². The molecule has 0 spiro atoms. The van der Waals surface area contributed by atoms with Gasteiger partial charge in [-0.3, -0.25) is 0 Å². The van der Waals surface area contributed by atoms with Gasteiger partial charge in [0.25, 0.3) is 0 Å². The van der Waals surface area contributed by atoms with E-state index in [1.54, 1.807) is 0 Å². The molecule has 0 saturated heterocycles. The van der Waals surface area contributed by atoms with Crippen LogP contribution < -0.4 is 9.80 Å². The maximum absolute atomic E-state index is 2.46. The van der Waals surface area contributed by atoms with Crippen molar-refractivity contribution in [3.8, 4) is 0 Å². The Kier molecular flexibility index (Phi) is 8.79. The SMILES string of the molecule is CCc1cccc(N(c2cccc(CC)c2)c2cc3ccccc3cc2N(c2cccc(CC)c2)c2cccc(CC)c2)c1. The van der Waals surface area contributed by atoms with Crippen LogP contribution in [0, 0.1) is 0 Å². The molecular weight excluding hydrogens is 532 g/mol. The van der Waals surface area contributed by atoms with Crippen molar-refractivity contribution in [2.24, 2.45) is 0 Å². The molecule has 0 aromatic heterocycles. The molecule has 0 unspecified atom stereocenters. The van der Waals surface area contributed by atoms with E-state index in [4.69, 9.17) is 0 Å². The highest BCUT2D eigenvalue weighted by atomic mass is 15.2. The number of anilines is 6. The lowest BCUT2D eigenvalue weighted by molar-refractivity contribution is 1.11. The van der Waals surface area contributed by atoms with Crippen LogP contribution in [0.3, 0.4) is 0 Å². The van der Waals surface area contributed by atoms with Crippen LogP contribution in [0.5, 0.6) is 0 Å². The zero-order chi connectivity index (χ0) is 30.5. The molecule has 0 saturated carbocycles. The second-order valence-corrected chi connectivity index (χ2v) is 11.5. The molecule has 44 heavy (non-hydrogen) atoms. The summed E-state index contributed by atoms with van der Waals surface area (Å²) < 4.78 is 0. The molecular formula is C42H42N2. The summed E-state index contributed by atoms with van der Waals surface area (Å²) in [5.74, 6) is 0. The molecule has 220 valence electrons. The van der Waals surface area contributed by atoms with Gasteiger partial charge in [-0.15, -0.1) is 0 Å². The zero-order valence-electron chi connectivity index (χ0n) is 26.4. The maximum atomic E-state index is 2.46. The fraction of sp³-hybridized carbons (Fsp3) is 0.190. The second-order valence-electron chi connectivity index (χ2n) is 11.5. The smallest absolute Gasteiger partial charge is 0.0708 e. The Hall–Kier alpha value is -4.82. The summed E-state index contributed by atoms with van der Waals surface area (Å²) in [4.78, 5) is 4.92. The molecule has 0 heterocycles. The highest BCUT2D eigenvalue weighted by Gasteiger charge is 2.24. The molecule has 2 nitrogen and oxygen atoms in total. The monoisotopic (exact) mass is 574 g/mol. The summed E-state index contributed by atoms with van der Waals surface area (Å²) in [5, 5.41) is 2.44. The van der Waals surface area contributed by atoms with Crippen LogP contribution in [0.15, 0.2) is 133 Å². The van der Waals surface area contributed by atoms with Crippen LogP contribution in [0.4, 0.5) is 34.1 Å². The molecule has 6 aromatic rings. The van der Waals surface area contributed by atoms with Gasteiger partial charge >= 0.3 is 0 Å². The lowest BCUT2D eigenvalue weighted by atomic mass is 10.0. The molecule has 0 fully saturated rings. The van der Waals surface area contributed by atoms with E-state index in [-0.39, 0.29) is 0 Å². The normalized spacial score (nSPS) is 11.1. The van der Waals surface area contributed by atoms with Crippen molar-refractivity contribution in [3.63, 3.8) is 0 Å². The van der Waals surface area contributed by atoms with E-state index in [0.29, 0.717) is 0 Å². The van der Waals surface area contributed by atoms with Gasteiger partial charge in [-0.05, 0) is 119 Å². The van der Waals surface area contributed by atoms with Gasteiger partial charge in [-0.1, -0.05) is 100 Å². The van der Waals surface area contributed by atoms with E-state index in [0.717, 1.165) is 37.1 Å². The van der Waals surface area contributed by atoms with Crippen LogP contribution in [-0.4, -0.2) is 0 Å². The molecule has 6 aromatic carbocycles. The van der Waals surface area contributed by atoms with E-state index < -0.39 is 0 Å². The summed E-state index contributed by atoms with van der Waals surface area (Å²) in [6, 6.07) is 49.5. The summed E-state index contributed by atoms with van der Waals surface area (Å²) in [6.07, 6.45) is 3.95. The number of aryl methyl sites for hydroxylation is 4. The van der Waals surface area contributed by atoms with Gasteiger partial charge in [-0.2, -0.15) is 0 Å². The predicted molar refractivity (Wildman–Crippen MR) is 191 cm³/mol. The molecule has 0 amide bonds. The van der Waals surface area contributed by atoms with Gasteiger partial charge in [0.05, 0.1) is 11.4 Å². The van der Waals surface area contributed by atoms with Crippen molar-refractivity contribution in [2.75, 3.05) is 9.80 Å². The number of rotatable bonds is 10. The minimum Gasteiger partial charge on any atom is -0.308 e. The van der Waals surface area contributed by atoms with Gasteiger partial charge < -0.3 is 9.80 Å².